The van der Waals surface area contributed by atoms with Crippen molar-refractivity contribution in [1.82, 2.24) is 5.01 Å². The highest BCUT2D eigenvalue weighted by Crippen LogP contribution is 2.44. The number of carbonyl (C=O) groups excluding carboxylic acids is 1. The molecule has 2 aromatic rings. The summed E-state index contributed by atoms with van der Waals surface area (Å²) in [6.45, 7) is 3.90. The SMILES string of the molecule is Cc1ccc(/C=C2/CCCC3C2=NN(C(=O)CN=[N+]=[N-])C3c2ccc(C)cc2)cc1. The molecule has 4 rings (SSSR count). The third-order valence-electron chi connectivity index (χ3n) is 5.86. The van der Waals surface area contributed by atoms with E-state index in [4.69, 9.17) is 10.6 Å². The summed E-state index contributed by atoms with van der Waals surface area (Å²) in [6.07, 6.45) is 5.18. The molecule has 0 aromatic heterocycles. The van der Waals surface area contributed by atoms with E-state index in [9.17, 15) is 4.79 Å². The molecule has 1 saturated carbocycles. The van der Waals surface area contributed by atoms with Crippen LogP contribution in [0.15, 0.2) is 64.3 Å². The number of hydrogen-bond acceptors (Lipinski definition) is 3. The molecule has 1 amide bonds. The van der Waals surface area contributed by atoms with E-state index in [1.165, 1.54) is 16.7 Å². The fourth-order valence-electron chi connectivity index (χ4n) is 4.33. The lowest BCUT2D eigenvalue weighted by atomic mass is 9.77. The van der Waals surface area contributed by atoms with Gasteiger partial charge in [0.1, 0.15) is 6.54 Å². The van der Waals surface area contributed by atoms with Crippen molar-refractivity contribution in [3.63, 3.8) is 0 Å². The molecule has 30 heavy (non-hydrogen) atoms. The number of hydrazone groups is 1. The Hall–Kier alpha value is -3.37. The van der Waals surface area contributed by atoms with Crippen molar-refractivity contribution in [1.29, 1.82) is 0 Å². The van der Waals surface area contributed by atoms with Gasteiger partial charge in [-0.25, -0.2) is 5.01 Å². The maximum absolute atomic E-state index is 12.8. The van der Waals surface area contributed by atoms with Crippen LogP contribution in [0, 0.1) is 19.8 Å². The number of fused-ring (bicyclic) bond motifs is 1. The molecule has 2 unspecified atom stereocenters. The summed E-state index contributed by atoms with van der Waals surface area (Å²) in [6, 6.07) is 16.6. The molecule has 0 bridgehead atoms. The molecule has 0 saturated heterocycles. The first-order chi connectivity index (χ1) is 14.6. The minimum Gasteiger partial charge on any atom is -0.273 e. The first-order valence-electron chi connectivity index (χ1n) is 10.3. The van der Waals surface area contributed by atoms with Crippen LogP contribution in [-0.2, 0) is 4.79 Å². The normalized spacial score (nSPS) is 21.7. The Kier molecular flexibility index (Phi) is 5.68. The highest BCUT2D eigenvalue weighted by Gasteiger charge is 2.43. The maximum Gasteiger partial charge on any atom is 0.249 e. The van der Waals surface area contributed by atoms with Gasteiger partial charge in [0.25, 0.3) is 0 Å². The molecule has 1 heterocycles. The minimum atomic E-state index is -0.269. The van der Waals surface area contributed by atoms with E-state index < -0.39 is 0 Å². The van der Waals surface area contributed by atoms with Gasteiger partial charge in [0.2, 0.25) is 5.91 Å². The first kappa shape index (κ1) is 19.9. The number of rotatable bonds is 4. The second kappa shape index (κ2) is 8.56. The Morgan fingerprint density at radius 3 is 2.50 bits per heavy atom. The second-order valence-electron chi connectivity index (χ2n) is 8.05. The first-order valence-corrected chi connectivity index (χ1v) is 10.3. The number of azide groups is 1. The van der Waals surface area contributed by atoms with Gasteiger partial charge in [-0.2, -0.15) is 5.10 Å². The van der Waals surface area contributed by atoms with Crippen molar-refractivity contribution in [2.75, 3.05) is 6.54 Å². The van der Waals surface area contributed by atoms with Gasteiger partial charge in [-0.3, -0.25) is 4.79 Å². The fourth-order valence-corrected chi connectivity index (χ4v) is 4.33. The molecule has 1 aliphatic carbocycles. The monoisotopic (exact) mass is 399 g/mol. The summed E-state index contributed by atoms with van der Waals surface area (Å²) in [7, 11) is 0. The standard InChI is InChI=1S/C24H25N5O/c1-16-6-10-18(11-7-16)14-20-4-3-5-21-23(20)27-29(22(30)15-26-28-25)24(21)19-12-8-17(2)9-13-19/h6-14,21,24H,3-5,15H2,1-2H3/b20-14-. The Morgan fingerprint density at radius 2 is 1.83 bits per heavy atom. The molecule has 0 radical (unpaired) electrons. The number of amides is 1. The molecule has 1 aliphatic heterocycles. The molecule has 2 atom stereocenters. The topological polar surface area (TPSA) is 81.4 Å². The van der Waals surface area contributed by atoms with Crippen LogP contribution in [0.25, 0.3) is 16.5 Å². The van der Waals surface area contributed by atoms with Gasteiger partial charge in [-0.05, 0) is 61.4 Å². The molecular weight excluding hydrogens is 374 g/mol. The lowest BCUT2D eigenvalue weighted by molar-refractivity contribution is -0.132. The quantitative estimate of drug-likeness (QED) is 0.367. The Balaban J connectivity index is 1.73. The Labute approximate surface area is 176 Å². The summed E-state index contributed by atoms with van der Waals surface area (Å²) in [5.41, 5.74) is 15.4. The van der Waals surface area contributed by atoms with Gasteiger partial charge in [-0.1, -0.05) is 64.8 Å². The van der Waals surface area contributed by atoms with E-state index in [0.717, 1.165) is 36.1 Å². The molecule has 2 aliphatic rings. The number of aryl methyl sites for hydroxylation is 2. The molecular formula is C24H25N5O. The number of allylic oxidation sites excluding steroid dienone is 1. The average molecular weight is 399 g/mol. The van der Waals surface area contributed by atoms with Crippen molar-refractivity contribution in [3.05, 3.63) is 86.8 Å². The predicted molar refractivity (Wildman–Crippen MR) is 119 cm³/mol. The summed E-state index contributed by atoms with van der Waals surface area (Å²) < 4.78 is 0. The van der Waals surface area contributed by atoms with Gasteiger partial charge in [0.15, 0.2) is 0 Å². The third-order valence-corrected chi connectivity index (χ3v) is 5.86. The molecule has 0 N–H and O–H groups in total. The number of hydrogen-bond donors (Lipinski definition) is 0. The highest BCUT2D eigenvalue weighted by atomic mass is 16.2. The van der Waals surface area contributed by atoms with Crippen LogP contribution in [0.2, 0.25) is 0 Å². The van der Waals surface area contributed by atoms with Crippen molar-refractivity contribution in [3.8, 4) is 0 Å². The number of benzene rings is 2. The fraction of sp³-hybridized carbons (Fsp3) is 0.333. The zero-order valence-electron chi connectivity index (χ0n) is 17.3. The van der Waals surface area contributed by atoms with E-state index in [0.29, 0.717) is 0 Å². The Morgan fingerprint density at radius 1 is 1.17 bits per heavy atom. The minimum absolute atomic E-state index is 0.146. The molecule has 6 heteroatoms. The molecule has 1 fully saturated rings. The lowest BCUT2D eigenvalue weighted by Gasteiger charge is -2.29. The van der Waals surface area contributed by atoms with Crippen molar-refractivity contribution < 1.29 is 4.79 Å². The summed E-state index contributed by atoms with van der Waals surface area (Å²) in [5, 5.41) is 9.81. The molecule has 6 nitrogen and oxygen atoms in total. The summed E-state index contributed by atoms with van der Waals surface area (Å²) in [4.78, 5) is 15.6. The third kappa shape index (κ3) is 4.00. The highest BCUT2D eigenvalue weighted by molar-refractivity contribution is 6.08. The van der Waals surface area contributed by atoms with Gasteiger partial charge >= 0.3 is 0 Å². The van der Waals surface area contributed by atoms with Crippen LogP contribution in [0.3, 0.4) is 0 Å². The van der Waals surface area contributed by atoms with Gasteiger partial charge in [-0.15, -0.1) is 0 Å². The summed E-state index contributed by atoms with van der Waals surface area (Å²) in [5.74, 6) is -0.122. The van der Waals surface area contributed by atoms with Crippen molar-refractivity contribution >= 4 is 17.7 Å². The molecule has 152 valence electrons. The van der Waals surface area contributed by atoms with E-state index >= 15 is 0 Å². The van der Waals surface area contributed by atoms with E-state index in [1.54, 1.807) is 5.01 Å². The van der Waals surface area contributed by atoms with Crippen LogP contribution in [-0.4, -0.2) is 23.2 Å². The van der Waals surface area contributed by atoms with E-state index in [1.807, 2.05) is 6.92 Å². The van der Waals surface area contributed by atoms with Crippen LogP contribution in [0.4, 0.5) is 0 Å². The Bertz CT molecular complexity index is 1050. The van der Waals surface area contributed by atoms with E-state index in [-0.39, 0.29) is 24.4 Å². The zero-order valence-corrected chi connectivity index (χ0v) is 17.3. The van der Waals surface area contributed by atoms with Gasteiger partial charge in [0.05, 0.1) is 11.8 Å². The van der Waals surface area contributed by atoms with Crippen LogP contribution in [0.1, 0.15) is 47.6 Å². The smallest absolute Gasteiger partial charge is 0.249 e. The predicted octanol–water partition coefficient (Wildman–Crippen LogP) is 5.74. The van der Waals surface area contributed by atoms with Crippen molar-refractivity contribution in [2.45, 2.75) is 39.2 Å². The molecule has 0 spiro atoms. The van der Waals surface area contributed by atoms with Crippen LogP contribution >= 0.6 is 0 Å². The lowest BCUT2D eigenvalue weighted by Crippen LogP contribution is -2.33. The van der Waals surface area contributed by atoms with E-state index in [2.05, 4.69) is 71.6 Å². The number of carbonyl (C=O) groups is 1. The van der Waals surface area contributed by atoms with Gasteiger partial charge < -0.3 is 0 Å². The molecule has 2 aromatic carbocycles. The summed E-state index contributed by atoms with van der Waals surface area (Å²) >= 11 is 0. The van der Waals surface area contributed by atoms with Gasteiger partial charge in [0, 0.05) is 10.8 Å². The van der Waals surface area contributed by atoms with Crippen LogP contribution < -0.4 is 0 Å². The van der Waals surface area contributed by atoms with Crippen molar-refractivity contribution in [2.24, 2.45) is 16.1 Å². The largest absolute Gasteiger partial charge is 0.273 e. The van der Waals surface area contributed by atoms with Crippen LogP contribution in [0.5, 0.6) is 0 Å². The second-order valence-corrected chi connectivity index (χ2v) is 8.05. The average Bonchev–Trinajstić information content (AvgIpc) is 3.15. The number of nitrogens with zero attached hydrogens (tertiary/aromatic N) is 5. The maximum atomic E-state index is 12.8. The zero-order chi connectivity index (χ0) is 21.1.